The second kappa shape index (κ2) is 7.17. The molecule has 5 rings (SSSR count). The number of hydrogen-bond donors (Lipinski definition) is 0. The van der Waals surface area contributed by atoms with Crippen LogP contribution in [-0.2, 0) is 6.54 Å². The highest BCUT2D eigenvalue weighted by Crippen LogP contribution is 2.36. The zero-order valence-corrected chi connectivity index (χ0v) is 16.3. The SMILES string of the molecule is Cc1cc(CN2CCCC2c2nc3ccccc3c(=O)n2C2CCCC2)no1. The summed E-state index contributed by atoms with van der Waals surface area (Å²) in [5.74, 6) is 1.77. The molecule has 3 heterocycles. The Hall–Kier alpha value is -2.47. The third kappa shape index (κ3) is 3.05. The molecule has 1 unspecified atom stereocenters. The number of fused-ring (bicyclic) bond motifs is 1. The Labute approximate surface area is 164 Å². The van der Waals surface area contributed by atoms with Crippen molar-refractivity contribution in [1.82, 2.24) is 19.6 Å². The lowest BCUT2D eigenvalue weighted by atomic mass is 10.1. The monoisotopic (exact) mass is 378 g/mol. The van der Waals surface area contributed by atoms with Crippen molar-refractivity contribution in [3.8, 4) is 0 Å². The average Bonchev–Trinajstić information content (AvgIpc) is 3.45. The van der Waals surface area contributed by atoms with Crippen molar-refractivity contribution in [2.75, 3.05) is 6.54 Å². The van der Waals surface area contributed by atoms with Gasteiger partial charge in [-0.3, -0.25) is 14.3 Å². The van der Waals surface area contributed by atoms with E-state index in [1.807, 2.05) is 41.8 Å². The number of nitrogens with zero attached hydrogens (tertiary/aromatic N) is 4. The zero-order chi connectivity index (χ0) is 19.1. The van der Waals surface area contributed by atoms with Crippen LogP contribution in [0.4, 0.5) is 0 Å². The molecule has 1 saturated carbocycles. The standard InChI is InChI=1S/C22H26N4O2/c1-15-13-16(24-28-15)14-25-12-6-11-20(25)21-23-19-10-5-4-9-18(19)22(27)26(21)17-7-2-3-8-17/h4-5,9-10,13,17,20H,2-3,6-8,11-12,14H2,1H3. The maximum absolute atomic E-state index is 13.4. The van der Waals surface area contributed by atoms with Gasteiger partial charge in [0.15, 0.2) is 0 Å². The van der Waals surface area contributed by atoms with Crippen molar-refractivity contribution in [1.29, 1.82) is 0 Å². The van der Waals surface area contributed by atoms with Crippen molar-refractivity contribution >= 4 is 10.9 Å². The Kier molecular flexibility index (Phi) is 4.51. The van der Waals surface area contributed by atoms with Crippen molar-refractivity contribution in [2.45, 2.75) is 64.1 Å². The molecule has 6 heteroatoms. The van der Waals surface area contributed by atoms with Crippen LogP contribution < -0.4 is 5.56 Å². The Morgan fingerprint density at radius 3 is 2.75 bits per heavy atom. The lowest BCUT2D eigenvalue weighted by Gasteiger charge is -2.28. The Balaban J connectivity index is 1.60. The number of aryl methyl sites for hydroxylation is 1. The molecule has 0 spiro atoms. The quantitative estimate of drug-likeness (QED) is 0.682. The molecule has 1 aliphatic heterocycles. The van der Waals surface area contributed by atoms with Crippen molar-refractivity contribution < 1.29 is 4.52 Å². The molecule has 0 N–H and O–H groups in total. The molecule has 146 valence electrons. The fraction of sp³-hybridized carbons (Fsp3) is 0.500. The maximum atomic E-state index is 13.4. The van der Waals surface area contributed by atoms with Crippen LogP contribution in [-0.4, -0.2) is 26.2 Å². The number of rotatable bonds is 4. The maximum Gasteiger partial charge on any atom is 0.261 e. The molecular formula is C22H26N4O2. The van der Waals surface area contributed by atoms with E-state index in [0.29, 0.717) is 0 Å². The van der Waals surface area contributed by atoms with Crippen LogP contribution in [0.5, 0.6) is 0 Å². The minimum absolute atomic E-state index is 0.122. The van der Waals surface area contributed by atoms with E-state index in [4.69, 9.17) is 9.51 Å². The zero-order valence-electron chi connectivity index (χ0n) is 16.3. The van der Waals surface area contributed by atoms with Crippen LogP contribution in [0.25, 0.3) is 10.9 Å². The van der Waals surface area contributed by atoms with Gasteiger partial charge in [0, 0.05) is 18.7 Å². The summed E-state index contributed by atoms with van der Waals surface area (Å²) in [6.45, 7) is 3.64. The van der Waals surface area contributed by atoms with E-state index in [-0.39, 0.29) is 17.6 Å². The number of benzene rings is 1. The normalized spacial score (nSPS) is 21.1. The minimum Gasteiger partial charge on any atom is -0.361 e. The molecule has 6 nitrogen and oxygen atoms in total. The van der Waals surface area contributed by atoms with Gasteiger partial charge in [0.2, 0.25) is 0 Å². The van der Waals surface area contributed by atoms with Crippen LogP contribution >= 0.6 is 0 Å². The topological polar surface area (TPSA) is 64.2 Å². The second-order valence-corrected chi connectivity index (χ2v) is 8.16. The van der Waals surface area contributed by atoms with Gasteiger partial charge < -0.3 is 4.52 Å². The van der Waals surface area contributed by atoms with E-state index >= 15 is 0 Å². The summed E-state index contributed by atoms with van der Waals surface area (Å²) in [7, 11) is 0. The molecule has 0 amide bonds. The summed E-state index contributed by atoms with van der Waals surface area (Å²) < 4.78 is 7.28. The summed E-state index contributed by atoms with van der Waals surface area (Å²) in [5.41, 5.74) is 1.87. The summed E-state index contributed by atoms with van der Waals surface area (Å²) in [6, 6.07) is 10.2. The van der Waals surface area contributed by atoms with E-state index in [1.54, 1.807) is 0 Å². The smallest absolute Gasteiger partial charge is 0.261 e. The van der Waals surface area contributed by atoms with Crippen LogP contribution in [0.1, 0.15) is 67.9 Å². The molecule has 1 aromatic carbocycles. The van der Waals surface area contributed by atoms with Crippen LogP contribution in [0.15, 0.2) is 39.6 Å². The van der Waals surface area contributed by atoms with Gasteiger partial charge in [0.05, 0.1) is 22.6 Å². The predicted molar refractivity (Wildman–Crippen MR) is 107 cm³/mol. The van der Waals surface area contributed by atoms with E-state index in [0.717, 1.165) is 67.0 Å². The van der Waals surface area contributed by atoms with Gasteiger partial charge in [0.25, 0.3) is 5.56 Å². The molecule has 28 heavy (non-hydrogen) atoms. The van der Waals surface area contributed by atoms with Gasteiger partial charge in [-0.25, -0.2) is 4.98 Å². The fourth-order valence-corrected chi connectivity index (χ4v) is 4.92. The first-order chi connectivity index (χ1) is 13.7. The Bertz CT molecular complexity index is 1050. The predicted octanol–water partition coefficient (Wildman–Crippen LogP) is 4.15. The number of hydrogen-bond acceptors (Lipinski definition) is 5. The van der Waals surface area contributed by atoms with Crippen LogP contribution in [0, 0.1) is 6.92 Å². The molecular weight excluding hydrogens is 352 g/mol. The van der Waals surface area contributed by atoms with Gasteiger partial charge >= 0.3 is 0 Å². The van der Waals surface area contributed by atoms with Crippen LogP contribution in [0.3, 0.4) is 0 Å². The molecule has 2 fully saturated rings. The summed E-state index contributed by atoms with van der Waals surface area (Å²) in [5, 5.41) is 4.90. The third-order valence-electron chi connectivity index (χ3n) is 6.23. The number of likely N-dealkylation sites (tertiary alicyclic amines) is 1. The lowest BCUT2D eigenvalue weighted by Crippen LogP contribution is -2.33. The first-order valence-corrected chi connectivity index (χ1v) is 10.4. The Morgan fingerprint density at radius 1 is 1.14 bits per heavy atom. The molecule has 0 bridgehead atoms. The Morgan fingerprint density at radius 2 is 1.96 bits per heavy atom. The molecule has 1 atom stereocenters. The molecule has 2 aliphatic rings. The molecule has 1 saturated heterocycles. The number of para-hydroxylation sites is 1. The van der Waals surface area contributed by atoms with Crippen LogP contribution in [0.2, 0.25) is 0 Å². The minimum atomic E-state index is 0.122. The van der Waals surface area contributed by atoms with Gasteiger partial charge in [-0.1, -0.05) is 30.1 Å². The first-order valence-electron chi connectivity index (χ1n) is 10.4. The second-order valence-electron chi connectivity index (χ2n) is 8.16. The van der Waals surface area contributed by atoms with Crippen molar-refractivity contribution in [3.05, 3.63) is 58.0 Å². The van der Waals surface area contributed by atoms with Gasteiger partial charge in [-0.05, 0) is 51.3 Å². The molecule has 0 radical (unpaired) electrons. The van der Waals surface area contributed by atoms with E-state index < -0.39 is 0 Å². The van der Waals surface area contributed by atoms with Gasteiger partial charge in [-0.15, -0.1) is 0 Å². The summed E-state index contributed by atoms with van der Waals surface area (Å²) >= 11 is 0. The highest BCUT2D eigenvalue weighted by atomic mass is 16.5. The first kappa shape index (κ1) is 17.6. The van der Waals surface area contributed by atoms with Crippen molar-refractivity contribution in [2.24, 2.45) is 0 Å². The largest absolute Gasteiger partial charge is 0.361 e. The molecule has 2 aromatic heterocycles. The molecule has 3 aromatic rings. The fourth-order valence-electron chi connectivity index (χ4n) is 4.92. The van der Waals surface area contributed by atoms with Gasteiger partial charge in [-0.2, -0.15) is 0 Å². The van der Waals surface area contributed by atoms with E-state index in [9.17, 15) is 4.79 Å². The highest BCUT2D eigenvalue weighted by Gasteiger charge is 2.33. The van der Waals surface area contributed by atoms with E-state index in [2.05, 4.69) is 10.1 Å². The molecule has 1 aliphatic carbocycles. The van der Waals surface area contributed by atoms with Crippen molar-refractivity contribution in [3.63, 3.8) is 0 Å². The van der Waals surface area contributed by atoms with E-state index in [1.165, 1.54) is 12.8 Å². The average molecular weight is 378 g/mol. The van der Waals surface area contributed by atoms with Gasteiger partial charge in [0.1, 0.15) is 11.6 Å². The highest BCUT2D eigenvalue weighted by molar-refractivity contribution is 5.77. The number of aromatic nitrogens is 3. The lowest BCUT2D eigenvalue weighted by molar-refractivity contribution is 0.222. The third-order valence-corrected chi connectivity index (χ3v) is 6.23. The summed E-state index contributed by atoms with van der Waals surface area (Å²) in [4.78, 5) is 20.9. The summed E-state index contributed by atoms with van der Waals surface area (Å²) in [6.07, 6.45) is 6.65.